The molecule has 0 unspecified atom stereocenters. The maximum absolute atomic E-state index is 4.75. The van der Waals surface area contributed by atoms with E-state index in [1.54, 1.807) is 6.26 Å². The van der Waals surface area contributed by atoms with E-state index in [0.717, 1.165) is 24.4 Å². The maximum atomic E-state index is 4.75. The molecule has 86 valence electrons. The van der Waals surface area contributed by atoms with E-state index < -0.39 is 0 Å². The molecule has 0 atom stereocenters. The normalized spacial score (nSPS) is 10.9. The Morgan fingerprint density at radius 3 is 2.88 bits per heavy atom. The molecule has 0 amide bonds. The molecule has 0 aromatic carbocycles. The van der Waals surface area contributed by atoms with Crippen LogP contribution < -0.4 is 5.32 Å². The second-order valence-corrected chi connectivity index (χ2v) is 3.70. The van der Waals surface area contributed by atoms with E-state index in [0.29, 0.717) is 6.54 Å². The Hall–Kier alpha value is -1.62. The van der Waals surface area contributed by atoms with Crippen molar-refractivity contribution < 1.29 is 4.52 Å². The lowest BCUT2D eigenvalue weighted by molar-refractivity contribution is 0.408. The first kappa shape index (κ1) is 10.9. The van der Waals surface area contributed by atoms with Crippen LogP contribution in [0.25, 0.3) is 0 Å². The number of aryl methyl sites for hydroxylation is 2. The van der Waals surface area contributed by atoms with Gasteiger partial charge < -0.3 is 9.84 Å². The number of hydrogen-bond acceptors (Lipinski definition) is 4. The number of nitrogens with one attached hydrogen (secondary N) is 1. The van der Waals surface area contributed by atoms with Gasteiger partial charge in [0.15, 0.2) is 0 Å². The summed E-state index contributed by atoms with van der Waals surface area (Å²) in [5, 5.41) is 11.5. The zero-order chi connectivity index (χ0) is 11.4. The molecule has 1 N–H and O–H groups in total. The van der Waals surface area contributed by atoms with Crippen LogP contribution in [0.3, 0.4) is 0 Å². The Kier molecular flexibility index (Phi) is 3.36. The largest absolute Gasteiger partial charge is 0.364 e. The van der Waals surface area contributed by atoms with Gasteiger partial charge in [-0.15, -0.1) is 0 Å². The average Bonchev–Trinajstić information content (AvgIpc) is 2.89. The van der Waals surface area contributed by atoms with Crippen molar-refractivity contribution in [2.24, 2.45) is 7.05 Å². The van der Waals surface area contributed by atoms with Crippen molar-refractivity contribution in [1.82, 2.24) is 20.3 Å². The summed E-state index contributed by atoms with van der Waals surface area (Å²) in [6, 6.07) is 3.98. The molecule has 0 bridgehead atoms. The Bertz CT molecular complexity index is 433. The molecule has 2 aromatic heterocycles. The molecule has 0 aliphatic rings. The molecule has 0 aliphatic carbocycles. The van der Waals surface area contributed by atoms with Gasteiger partial charge in [-0.25, -0.2) is 0 Å². The smallest absolute Gasteiger partial charge is 0.124 e. The lowest BCUT2D eigenvalue weighted by Gasteiger charge is -2.02. The molecule has 2 aromatic rings. The minimum Gasteiger partial charge on any atom is -0.364 e. The third-order valence-corrected chi connectivity index (χ3v) is 2.49. The quantitative estimate of drug-likeness (QED) is 0.824. The molecule has 2 rings (SSSR count). The predicted octanol–water partition coefficient (Wildman–Crippen LogP) is 1.26. The molecule has 2 heterocycles. The van der Waals surface area contributed by atoms with E-state index in [4.69, 9.17) is 4.52 Å². The Morgan fingerprint density at radius 2 is 2.25 bits per heavy atom. The summed E-state index contributed by atoms with van der Waals surface area (Å²) in [5.74, 6) is 0. The third kappa shape index (κ3) is 2.49. The third-order valence-electron chi connectivity index (χ3n) is 2.49. The van der Waals surface area contributed by atoms with Crippen LogP contribution >= 0.6 is 0 Å². The maximum Gasteiger partial charge on any atom is 0.124 e. The molecule has 16 heavy (non-hydrogen) atoms. The van der Waals surface area contributed by atoms with Crippen molar-refractivity contribution in [3.63, 3.8) is 0 Å². The fourth-order valence-corrected chi connectivity index (χ4v) is 1.56. The van der Waals surface area contributed by atoms with Gasteiger partial charge in [0, 0.05) is 26.2 Å². The summed E-state index contributed by atoms with van der Waals surface area (Å²) in [6.07, 6.45) is 2.55. The van der Waals surface area contributed by atoms with Crippen LogP contribution in [0.2, 0.25) is 0 Å². The van der Waals surface area contributed by atoms with Crippen molar-refractivity contribution >= 4 is 0 Å². The number of nitrogens with zero attached hydrogens (tertiary/aromatic N) is 3. The SMILES string of the molecule is CCc1cc(CNCc2ccon2)n(C)n1. The van der Waals surface area contributed by atoms with Crippen LogP contribution in [0.4, 0.5) is 0 Å². The minimum absolute atomic E-state index is 0.711. The van der Waals surface area contributed by atoms with Crippen LogP contribution in [0, 0.1) is 0 Å². The van der Waals surface area contributed by atoms with Gasteiger partial charge in [0.05, 0.1) is 17.1 Å². The van der Waals surface area contributed by atoms with Gasteiger partial charge in [0.2, 0.25) is 0 Å². The van der Waals surface area contributed by atoms with Crippen LogP contribution in [0.15, 0.2) is 22.9 Å². The van der Waals surface area contributed by atoms with E-state index in [1.807, 2.05) is 17.8 Å². The highest BCUT2D eigenvalue weighted by Crippen LogP contribution is 2.03. The van der Waals surface area contributed by atoms with Gasteiger partial charge in [0.1, 0.15) is 6.26 Å². The van der Waals surface area contributed by atoms with E-state index in [9.17, 15) is 0 Å². The Labute approximate surface area is 94.4 Å². The highest BCUT2D eigenvalue weighted by molar-refractivity contribution is 5.10. The van der Waals surface area contributed by atoms with Crippen LogP contribution in [0.5, 0.6) is 0 Å². The van der Waals surface area contributed by atoms with Crippen molar-refractivity contribution in [3.8, 4) is 0 Å². The van der Waals surface area contributed by atoms with E-state index in [2.05, 4.69) is 28.6 Å². The predicted molar refractivity (Wildman–Crippen MR) is 59.6 cm³/mol. The fourth-order valence-electron chi connectivity index (χ4n) is 1.56. The van der Waals surface area contributed by atoms with Gasteiger partial charge in [0.25, 0.3) is 0 Å². The van der Waals surface area contributed by atoms with Crippen LogP contribution in [0.1, 0.15) is 24.0 Å². The lowest BCUT2D eigenvalue weighted by atomic mass is 10.3. The summed E-state index contributed by atoms with van der Waals surface area (Å²) in [5.41, 5.74) is 3.22. The van der Waals surface area contributed by atoms with Crippen molar-refractivity contribution in [1.29, 1.82) is 0 Å². The first-order valence-electron chi connectivity index (χ1n) is 5.41. The highest BCUT2D eigenvalue weighted by atomic mass is 16.5. The van der Waals surface area contributed by atoms with E-state index in [-0.39, 0.29) is 0 Å². The second-order valence-electron chi connectivity index (χ2n) is 3.70. The molecular weight excluding hydrogens is 204 g/mol. The summed E-state index contributed by atoms with van der Waals surface area (Å²) < 4.78 is 6.67. The standard InChI is InChI=1S/C11H16N4O/c1-3-9-6-11(15(2)13-9)8-12-7-10-4-5-16-14-10/h4-6,12H,3,7-8H2,1-2H3. The van der Waals surface area contributed by atoms with Crippen molar-refractivity contribution in [3.05, 3.63) is 35.5 Å². The topological polar surface area (TPSA) is 55.9 Å². The summed E-state index contributed by atoms with van der Waals surface area (Å²) in [4.78, 5) is 0. The van der Waals surface area contributed by atoms with E-state index >= 15 is 0 Å². The zero-order valence-electron chi connectivity index (χ0n) is 9.60. The van der Waals surface area contributed by atoms with Gasteiger partial charge in [-0.2, -0.15) is 5.10 Å². The minimum atomic E-state index is 0.711. The highest BCUT2D eigenvalue weighted by Gasteiger charge is 2.03. The molecule has 0 fully saturated rings. The number of rotatable bonds is 5. The zero-order valence-corrected chi connectivity index (χ0v) is 9.60. The van der Waals surface area contributed by atoms with E-state index in [1.165, 1.54) is 5.69 Å². The number of aromatic nitrogens is 3. The first-order chi connectivity index (χ1) is 7.79. The van der Waals surface area contributed by atoms with Gasteiger partial charge in [-0.05, 0) is 12.5 Å². The van der Waals surface area contributed by atoms with Crippen LogP contribution in [-0.2, 0) is 26.6 Å². The molecule has 0 saturated heterocycles. The van der Waals surface area contributed by atoms with Crippen molar-refractivity contribution in [2.75, 3.05) is 0 Å². The summed E-state index contributed by atoms with van der Waals surface area (Å²) in [6.45, 7) is 3.61. The number of hydrogen-bond donors (Lipinski definition) is 1. The van der Waals surface area contributed by atoms with Gasteiger partial charge in [-0.1, -0.05) is 12.1 Å². The Balaban J connectivity index is 1.87. The van der Waals surface area contributed by atoms with Gasteiger partial charge in [-0.3, -0.25) is 4.68 Å². The summed E-state index contributed by atoms with van der Waals surface area (Å²) >= 11 is 0. The average molecular weight is 220 g/mol. The summed E-state index contributed by atoms with van der Waals surface area (Å²) in [7, 11) is 1.96. The van der Waals surface area contributed by atoms with Gasteiger partial charge >= 0.3 is 0 Å². The van der Waals surface area contributed by atoms with Crippen LogP contribution in [-0.4, -0.2) is 14.9 Å². The molecule has 0 radical (unpaired) electrons. The molecule has 0 aliphatic heterocycles. The second kappa shape index (κ2) is 4.94. The van der Waals surface area contributed by atoms with Crippen molar-refractivity contribution in [2.45, 2.75) is 26.4 Å². The molecule has 0 saturated carbocycles. The molecule has 0 spiro atoms. The monoisotopic (exact) mass is 220 g/mol. The first-order valence-corrected chi connectivity index (χ1v) is 5.41. The molecule has 5 heteroatoms. The Morgan fingerprint density at radius 1 is 1.38 bits per heavy atom. The molecular formula is C11H16N4O. The lowest BCUT2D eigenvalue weighted by Crippen LogP contribution is -2.15. The molecule has 5 nitrogen and oxygen atoms in total. The fraction of sp³-hybridized carbons (Fsp3) is 0.455.